The van der Waals surface area contributed by atoms with Gasteiger partial charge in [0.1, 0.15) is 22.9 Å². The molecule has 35 heavy (non-hydrogen) atoms. The molecule has 0 saturated heterocycles. The largest absolute Gasteiger partial charge is 0.416 e. The molecule has 0 aliphatic rings. The summed E-state index contributed by atoms with van der Waals surface area (Å²) >= 11 is 0. The molecular weight excluding hydrogens is 487 g/mol. The predicted octanol–water partition coefficient (Wildman–Crippen LogP) is 3.53. The number of rotatable bonds is 7. The van der Waals surface area contributed by atoms with Crippen molar-refractivity contribution in [1.29, 1.82) is 0 Å². The van der Waals surface area contributed by atoms with Crippen molar-refractivity contribution < 1.29 is 26.4 Å². The van der Waals surface area contributed by atoms with Crippen molar-refractivity contribution in [2.45, 2.75) is 11.1 Å². The van der Waals surface area contributed by atoms with Gasteiger partial charge in [0.25, 0.3) is 15.9 Å². The maximum Gasteiger partial charge on any atom is 0.416 e. The summed E-state index contributed by atoms with van der Waals surface area (Å²) in [4.78, 5) is 19.7. The molecule has 10 nitrogen and oxygen atoms in total. The van der Waals surface area contributed by atoms with Gasteiger partial charge in [0, 0.05) is 23.6 Å². The molecule has 2 aromatic heterocycles. The van der Waals surface area contributed by atoms with Crippen LogP contribution in [-0.2, 0) is 16.2 Å². The molecule has 2 heterocycles. The highest BCUT2D eigenvalue weighted by Gasteiger charge is 2.30. The summed E-state index contributed by atoms with van der Waals surface area (Å²) in [5.74, 6) is -0.231. The lowest BCUT2D eigenvalue weighted by molar-refractivity contribution is -0.137. The summed E-state index contributed by atoms with van der Waals surface area (Å²) in [7, 11) is -4.14. The summed E-state index contributed by atoms with van der Waals surface area (Å²) in [6, 6.07) is 8.93. The van der Waals surface area contributed by atoms with E-state index in [2.05, 4.69) is 30.2 Å². The van der Waals surface area contributed by atoms with Crippen molar-refractivity contribution >= 4 is 33.3 Å². The quantitative estimate of drug-likeness (QED) is 0.301. The van der Waals surface area contributed by atoms with Gasteiger partial charge in [-0.1, -0.05) is 12.1 Å². The van der Waals surface area contributed by atoms with Crippen molar-refractivity contribution in [3.63, 3.8) is 0 Å². The number of benzene rings is 2. The summed E-state index contributed by atoms with van der Waals surface area (Å²) in [5, 5.41) is 9.65. The summed E-state index contributed by atoms with van der Waals surface area (Å²) in [6.45, 7) is 0. The lowest BCUT2D eigenvalue weighted by Gasteiger charge is -2.11. The predicted molar refractivity (Wildman–Crippen MR) is 120 cm³/mol. The monoisotopic (exact) mass is 503 g/mol. The lowest BCUT2D eigenvalue weighted by Crippen LogP contribution is -2.14. The number of carbonyl (C=O) groups is 1. The Morgan fingerprint density at radius 3 is 2.26 bits per heavy atom. The van der Waals surface area contributed by atoms with E-state index >= 15 is 0 Å². The molecular formula is C21H16F3N7O3S. The van der Waals surface area contributed by atoms with Crippen LogP contribution in [0.2, 0.25) is 0 Å². The summed E-state index contributed by atoms with van der Waals surface area (Å²) in [5.41, 5.74) is 5.41. The molecule has 0 saturated carbocycles. The zero-order valence-electron chi connectivity index (χ0n) is 17.5. The van der Waals surface area contributed by atoms with Crippen LogP contribution in [0, 0.1) is 0 Å². The molecule has 2 aromatic carbocycles. The number of nitrogens with one attached hydrogen (secondary N) is 3. The molecule has 0 unspecified atom stereocenters. The van der Waals surface area contributed by atoms with Crippen molar-refractivity contribution in [3.8, 4) is 11.3 Å². The molecule has 0 spiro atoms. The number of sulfonamides is 1. The van der Waals surface area contributed by atoms with Crippen LogP contribution in [0.4, 0.5) is 30.5 Å². The number of hydrogen-bond acceptors (Lipinski definition) is 7. The Bertz CT molecular complexity index is 1460. The molecule has 0 atom stereocenters. The van der Waals surface area contributed by atoms with E-state index < -0.39 is 27.7 Å². The second kappa shape index (κ2) is 9.06. The van der Waals surface area contributed by atoms with E-state index in [9.17, 15) is 26.4 Å². The normalized spacial score (nSPS) is 11.7. The Balaban J connectivity index is 1.56. The maximum absolute atomic E-state index is 12.7. The van der Waals surface area contributed by atoms with Gasteiger partial charge < -0.3 is 11.1 Å². The fourth-order valence-corrected chi connectivity index (χ4v) is 4.16. The van der Waals surface area contributed by atoms with Crippen molar-refractivity contribution in [1.82, 2.24) is 20.2 Å². The number of alkyl halides is 3. The number of halogens is 3. The second-order valence-corrected chi connectivity index (χ2v) is 8.79. The van der Waals surface area contributed by atoms with Gasteiger partial charge in [0.2, 0.25) is 0 Å². The number of H-pyrrole nitrogens is 1. The number of carbonyl (C=O) groups excluding carboxylic acids is 1. The van der Waals surface area contributed by atoms with Gasteiger partial charge >= 0.3 is 6.18 Å². The number of aromatic amines is 1. The average molecular weight is 503 g/mol. The van der Waals surface area contributed by atoms with Crippen LogP contribution in [0.3, 0.4) is 0 Å². The number of hydrogen-bond donors (Lipinski definition) is 4. The zero-order chi connectivity index (χ0) is 25.2. The Hall–Kier alpha value is -4.46. The Morgan fingerprint density at radius 2 is 1.69 bits per heavy atom. The Morgan fingerprint density at radius 1 is 1.00 bits per heavy atom. The SMILES string of the molecule is NC(=O)c1c(-c2ccc(NS(=O)(=O)c3ccc(C(F)(F)F)cc3)cc2)n[nH]c1Nc1cnccn1. The molecule has 0 radical (unpaired) electrons. The third kappa shape index (κ3) is 5.22. The molecule has 1 amide bonds. The standard InChI is InChI=1S/C21H16F3N7O3S/c22-21(23,24)13-3-7-15(8-4-13)35(33,34)31-14-5-1-12(2-6-14)18-17(19(25)32)20(30-29-18)28-16-11-26-9-10-27-16/h1-11,31H,(H2,25,32)(H2,27,28,29,30). The highest BCUT2D eigenvalue weighted by Crippen LogP contribution is 2.31. The van der Waals surface area contributed by atoms with Gasteiger partial charge in [-0.15, -0.1) is 0 Å². The van der Waals surface area contributed by atoms with Crippen molar-refractivity contribution in [3.05, 3.63) is 78.2 Å². The molecule has 0 aliphatic heterocycles. The van der Waals surface area contributed by atoms with Crippen molar-refractivity contribution in [2.75, 3.05) is 10.0 Å². The summed E-state index contributed by atoms with van der Waals surface area (Å²) in [6.07, 6.45) is -0.214. The van der Waals surface area contributed by atoms with Crippen LogP contribution in [0.5, 0.6) is 0 Å². The van der Waals surface area contributed by atoms with Crippen LogP contribution in [0.25, 0.3) is 11.3 Å². The minimum atomic E-state index is -4.58. The highest BCUT2D eigenvalue weighted by atomic mass is 32.2. The van der Waals surface area contributed by atoms with Crippen LogP contribution in [-0.4, -0.2) is 34.5 Å². The second-order valence-electron chi connectivity index (χ2n) is 7.11. The fourth-order valence-electron chi connectivity index (χ4n) is 3.11. The van der Waals surface area contributed by atoms with E-state index in [0.717, 1.165) is 12.1 Å². The van der Waals surface area contributed by atoms with E-state index in [1.807, 2.05) is 0 Å². The molecule has 0 bridgehead atoms. The van der Waals surface area contributed by atoms with E-state index in [-0.39, 0.29) is 27.7 Å². The average Bonchev–Trinajstić information content (AvgIpc) is 3.23. The first-order valence-corrected chi connectivity index (χ1v) is 11.2. The lowest BCUT2D eigenvalue weighted by atomic mass is 10.1. The number of anilines is 3. The van der Waals surface area contributed by atoms with Gasteiger partial charge in [-0.25, -0.2) is 13.4 Å². The number of nitrogens with two attached hydrogens (primary N) is 1. The number of aromatic nitrogens is 4. The molecule has 0 aliphatic carbocycles. The molecule has 14 heteroatoms. The van der Waals surface area contributed by atoms with Gasteiger partial charge in [0.15, 0.2) is 0 Å². The molecule has 5 N–H and O–H groups in total. The molecule has 0 fully saturated rings. The first kappa shape index (κ1) is 23.7. The summed E-state index contributed by atoms with van der Waals surface area (Å²) < 4.78 is 65.5. The van der Waals surface area contributed by atoms with Gasteiger partial charge in [-0.05, 0) is 36.4 Å². The van der Waals surface area contributed by atoms with Crippen LogP contribution in [0.15, 0.2) is 72.0 Å². The maximum atomic E-state index is 12.7. The third-order valence-corrected chi connectivity index (χ3v) is 6.13. The highest BCUT2D eigenvalue weighted by molar-refractivity contribution is 7.92. The van der Waals surface area contributed by atoms with E-state index in [1.54, 1.807) is 0 Å². The van der Waals surface area contributed by atoms with Crippen LogP contribution in [0.1, 0.15) is 15.9 Å². The van der Waals surface area contributed by atoms with Crippen molar-refractivity contribution in [2.24, 2.45) is 5.73 Å². The molecule has 180 valence electrons. The Kier molecular flexibility index (Phi) is 6.13. The minimum absolute atomic E-state index is 0.0498. The van der Waals surface area contributed by atoms with Gasteiger partial charge in [-0.2, -0.15) is 18.3 Å². The number of amides is 1. The van der Waals surface area contributed by atoms with Crippen LogP contribution >= 0.6 is 0 Å². The smallest absolute Gasteiger partial charge is 0.365 e. The first-order chi connectivity index (χ1) is 16.5. The van der Waals surface area contributed by atoms with E-state index in [0.29, 0.717) is 23.5 Å². The van der Waals surface area contributed by atoms with E-state index in [4.69, 9.17) is 5.73 Å². The first-order valence-electron chi connectivity index (χ1n) is 9.76. The minimum Gasteiger partial charge on any atom is -0.365 e. The van der Waals surface area contributed by atoms with Crippen LogP contribution < -0.4 is 15.8 Å². The topological polar surface area (TPSA) is 156 Å². The fraction of sp³-hybridized carbons (Fsp3) is 0.0476. The Labute approximate surface area is 196 Å². The molecule has 4 rings (SSSR count). The van der Waals surface area contributed by atoms with E-state index in [1.165, 1.54) is 42.9 Å². The number of primary amides is 1. The third-order valence-electron chi connectivity index (χ3n) is 4.73. The van der Waals surface area contributed by atoms with Gasteiger partial charge in [0.05, 0.1) is 16.7 Å². The van der Waals surface area contributed by atoms with Gasteiger partial charge in [-0.3, -0.25) is 19.6 Å². The molecule has 4 aromatic rings. The number of nitrogens with zero attached hydrogens (tertiary/aromatic N) is 3. The zero-order valence-corrected chi connectivity index (χ0v) is 18.4.